The number of hydrogen-bond donors (Lipinski definition) is 1. The van der Waals surface area contributed by atoms with E-state index in [1.54, 1.807) is 20.8 Å². The molecule has 1 heterocycles. The number of esters is 1. The second-order valence-electron chi connectivity index (χ2n) is 8.30. The predicted molar refractivity (Wildman–Crippen MR) is 109 cm³/mol. The molecule has 0 aromatic heterocycles. The van der Waals surface area contributed by atoms with Crippen LogP contribution in [0.1, 0.15) is 44.4 Å². The number of rotatable bonds is 5. The summed E-state index contributed by atoms with van der Waals surface area (Å²) >= 11 is 0. The van der Waals surface area contributed by atoms with Crippen molar-refractivity contribution in [3.05, 3.63) is 69.5 Å². The van der Waals surface area contributed by atoms with E-state index in [1.165, 1.54) is 42.5 Å². The fourth-order valence-corrected chi connectivity index (χ4v) is 3.19. The number of nitrogens with zero attached hydrogens (tertiary/aromatic N) is 1. The van der Waals surface area contributed by atoms with E-state index in [1.807, 2.05) is 0 Å². The number of halogens is 1. The van der Waals surface area contributed by atoms with Crippen molar-refractivity contribution in [2.45, 2.75) is 51.4 Å². The molecular weight excluding hydrogens is 407 g/mol. The monoisotopic (exact) mass is 430 g/mol. The van der Waals surface area contributed by atoms with Crippen molar-refractivity contribution in [3.8, 4) is 5.75 Å². The molecule has 1 aliphatic heterocycles. The molecule has 2 aromatic carbocycles. The molecule has 0 aliphatic carbocycles. The van der Waals surface area contributed by atoms with Gasteiger partial charge in [0, 0.05) is 23.2 Å². The van der Waals surface area contributed by atoms with Crippen molar-refractivity contribution in [2.75, 3.05) is 0 Å². The maximum atomic E-state index is 13.4. The van der Waals surface area contributed by atoms with E-state index in [0.717, 1.165) is 0 Å². The molecule has 2 unspecified atom stereocenters. The van der Waals surface area contributed by atoms with Gasteiger partial charge in [0.25, 0.3) is 11.6 Å². The van der Waals surface area contributed by atoms with Crippen LogP contribution < -0.4 is 10.1 Å². The largest absolute Gasteiger partial charge is 0.478 e. The topological polar surface area (TPSA) is 108 Å². The van der Waals surface area contributed by atoms with Crippen molar-refractivity contribution in [1.82, 2.24) is 5.32 Å². The summed E-state index contributed by atoms with van der Waals surface area (Å²) < 4.78 is 24.5. The number of nitro benzene ring substituents is 1. The van der Waals surface area contributed by atoms with Crippen LogP contribution in [0.5, 0.6) is 5.75 Å². The van der Waals surface area contributed by atoms with E-state index in [0.29, 0.717) is 23.3 Å². The number of nitrogens with one attached hydrogen (secondary N) is 1. The third-order valence-corrected chi connectivity index (χ3v) is 4.61. The van der Waals surface area contributed by atoms with Gasteiger partial charge in [0.2, 0.25) is 6.10 Å². The summed E-state index contributed by atoms with van der Waals surface area (Å²) in [7, 11) is 0. The average molecular weight is 430 g/mol. The number of nitro groups is 1. The Morgan fingerprint density at radius 2 is 1.90 bits per heavy atom. The van der Waals surface area contributed by atoms with Gasteiger partial charge < -0.3 is 14.8 Å². The molecule has 0 saturated carbocycles. The molecule has 1 N–H and O–H groups in total. The Balaban J connectivity index is 1.80. The first-order valence-corrected chi connectivity index (χ1v) is 9.75. The summed E-state index contributed by atoms with van der Waals surface area (Å²) in [6.45, 7) is 5.33. The molecular formula is C22H23FN2O6. The minimum Gasteiger partial charge on any atom is -0.478 e. The number of benzene rings is 2. The molecule has 1 aliphatic rings. The quantitative estimate of drug-likeness (QED) is 0.441. The van der Waals surface area contributed by atoms with Crippen molar-refractivity contribution < 1.29 is 28.4 Å². The van der Waals surface area contributed by atoms with Gasteiger partial charge in [-0.2, -0.15) is 0 Å². The van der Waals surface area contributed by atoms with Gasteiger partial charge in [-0.05, 0) is 69.5 Å². The lowest BCUT2D eigenvalue weighted by molar-refractivity contribution is -0.384. The molecule has 3 rings (SSSR count). The van der Waals surface area contributed by atoms with E-state index in [9.17, 15) is 24.1 Å². The van der Waals surface area contributed by atoms with Crippen LogP contribution >= 0.6 is 0 Å². The van der Waals surface area contributed by atoms with Crippen molar-refractivity contribution >= 4 is 17.6 Å². The van der Waals surface area contributed by atoms with Crippen LogP contribution in [0.4, 0.5) is 10.1 Å². The lowest BCUT2D eigenvalue weighted by Gasteiger charge is -2.28. The number of aryl methyl sites for hydroxylation is 1. The van der Waals surface area contributed by atoms with Gasteiger partial charge in [0.15, 0.2) is 6.10 Å². The van der Waals surface area contributed by atoms with Crippen LogP contribution in [-0.2, 0) is 20.7 Å². The highest BCUT2D eigenvalue weighted by Crippen LogP contribution is 2.30. The molecule has 0 saturated heterocycles. The normalized spacial score (nSPS) is 16.5. The third kappa shape index (κ3) is 5.56. The van der Waals surface area contributed by atoms with Gasteiger partial charge >= 0.3 is 5.97 Å². The highest BCUT2D eigenvalue weighted by Gasteiger charge is 2.34. The zero-order chi connectivity index (χ0) is 22.8. The molecule has 0 radical (unpaired) electrons. The summed E-state index contributed by atoms with van der Waals surface area (Å²) in [5.41, 5.74) is 0.206. The number of fused-ring (bicyclic) bond motifs is 1. The molecule has 31 heavy (non-hydrogen) atoms. The molecule has 164 valence electrons. The van der Waals surface area contributed by atoms with E-state index in [2.05, 4.69) is 5.32 Å². The number of ether oxygens (including phenoxy) is 2. The number of carbonyl (C=O) groups is 2. The predicted octanol–water partition coefficient (Wildman–Crippen LogP) is 3.63. The Morgan fingerprint density at radius 1 is 1.23 bits per heavy atom. The standard InChI is InChI=1S/C22H23FN2O6/c1-22(2,3)24-20(26)19(13-4-8-16(9-5-13)25(28)29)31-21(27)18-10-6-14-12-15(23)7-11-17(14)30-18/h4-5,7-9,11-12,18-19H,6,10H2,1-3H3,(H,24,26). The fraction of sp³-hybridized carbons (Fsp3) is 0.364. The molecule has 1 amide bonds. The molecule has 2 aromatic rings. The Hall–Kier alpha value is -3.49. The van der Waals surface area contributed by atoms with Crippen LogP contribution in [0.2, 0.25) is 0 Å². The second kappa shape index (κ2) is 8.71. The van der Waals surface area contributed by atoms with Crippen LogP contribution in [0.25, 0.3) is 0 Å². The van der Waals surface area contributed by atoms with E-state index >= 15 is 0 Å². The van der Waals surface area contributed by atoms with Crippen LogP contribution in [0.15, 0.2) is 42.5 Å². The summed E-state index contributed by atoms with van der Waals surface area (Å²) in [6, 6.07) is 9.27. The summed E-state index contributed by atoms with van der Waals surface area (Å²) in [5.74, 6) is -1.31. The first-order chi connectivity index (χ1) is 14.5. The minimum atomic E-state index is -1.31. The van der Waals surface area contributed by atoms with Crippen LogP contribution in [-0.4, -0.2) is 28.4 Å². The second-order valence-corrected chi connectivity index (χ2v) is 8.30. The highest BCUT2D eigenvalue weighted by molar-refractivity contribution is 5.86. The first-order valence-electron chi connectivity index (χ1n) is 9.75. The molecule has 9 heteroatoms. The number of hydrogen-bond acceptors (Lipinski definition) is 6. The van der Waals surface area contributed by atoms with Gasteiger partial charge in [-0.3, -0.25) is 14.9 Å². The van der Waals surface area contributed by atoms with Gasteiger partial charge in [0.05, 0.1) is 4.92 Å². The van der Waals surface area contributed by atoms with Gasteiger partial charge in [0.1, 0.15) is 11.6 Å². The summed E-state index contributed by atoms with van der Waals surface area (Å²) in [5, 5.41) is 13.7. The molecule has 8 nitrogen and oxygen atoms in total. The smallest absolute Gasteiger partial charge is 0.348 e. The number of carbonyl (C=O) groups excluding carboxylic acids is 2. The van der Waals surface area contributed by atoms with Crippen molar-refractivity contribution in [3.63, 3.8) is 0 Å². The maximum absolute atomic E-state index is 13.4. The molecule has 0 spiro atoms. The molecule has 0 bridgehead atoms. The van der Waals surface area contributed by atoms with Gasteiger partial charge in [-0.1, -0.05) is 0 Å². The van der Waals surface area contributed by atoms with E-state index < -0.39 is 34.5 Å². The van der Waals surface area contributed by atoms with Crippen molar-refractivity contribution in [1.29, 1.82) is 0 Å². The summed E-state index contributed by atoms with van der Waals surface area (Å²) in [4.78, 5) is 36.0. The fourth-order valence-electron chi connectivity index (χ4n) is 3.19. The Bertz CT molecular complexity index is 1000. The Kier molecular flexibility index (Phi) is 6.24. The zero-order valence-electron chi connectivity index (χ0n) is 17.4. The molecule has 2 atom stereocenters. The lowest BCUT2D eigenvalue weighted by Crippen LogP contribution is -2.45. The molecule has 0 fully saturated rings. The van der Waals surface area contributed by atoms with Gasteiger partial charge in [-0.25, -0.2) is 9.18 Å². The maximum Gasteiger partial charge on any atom is 0.348 e. The average Bonchev–Trinajstić information content (AvgIpc) is 2.70. The number of non-ortho nitro benzene ring substituents is 1. The van der Waals surface area contributed by atoms with E-state index in [4.69, 9.17) is 9.47 Å². The summed E-state index contributed by atoms with van der Waals surface area (Å²) in [6.07, 6.45) is -1.58. The van der Waals surface area contributed by atoms with Crippen molar-refractivity contribution in [2.24, 2.45) is 0 Å². The SMILES string of the molecule is CC(C)(C)NC(=O)C(OC(=O)C1CCc2cc(F)ccc2O1)c1ccc([N+](=O)[O-])cc1. The third-order valence-electron chi connectivity index (χ3n) is 4.61. The lowest BCUT2D eigenvalue weighted by atomic mass is 10.0. The zero-order valence-corrected chi connectivity index (χ0v) is 17.4. The first kappa shape index (κ1) is 22.2. The number of amides is 1. The Morgan fingerprint density at radius 3 is 2.52 bits per heavy atom. The Labute approximate surface area is 178 Å². The minimum absolute atomic E-state index is 0.149. The highest BCUT2D eigenvalue weighted by atomic mass is 19.1. The van der Waals surface area contributed by atoms with Gasteiger partial charge in [-0.15, -0.1) is 0 Å². The van der Waals surface area contributed by atoms with Crippen LogP contribution in [0.3, 0.4) is 0 Å². The van der Waals surface area contributed by atoms with E-state index in [-0.39, 0.29) is 17.9 Å². The van der Waals surface area contributed by atoms with Crippen LogP contribution in [0, 0.1) is 15.9 Å².